The minimum Gasteiger partial charge on any atom is -0.352 e. The highest BCUT2D eigenvalue weighted by Gasteiger charge is 2.18. The molecule has 28 heavy (non-hydrogen) atoms. The van der Waals surface area contributed by atoms with Crippen molar-refractivity contribution < 1.29 is 4.79 Å². The van der Waals surface area contributed by atoms with Gasteiger partial charge < -0.3 is 5.32 Å². The molecule has 0 aliphatic carbocycles. The average Bonchev–Trinajstić information content (AvgIpc) is 3.26. The Hall–Kier alpha value is -2.28. The van der Waals surface area contributed by atoms with E-state index in [1.54, 1.807) is 17.5 Å². The van der Waals surface area contributed by atoms with E-state index < -0.39 is 0 Å². The maximum Gasteiger partial charge on any atom is 0.252 e. The Bertz CT molecular complexity index is 957. The molecule has 0 aliphatic heterocycles. The van der Waals surface area contributed by atoms with Crippen LogP contribution in [0, 0.1) is 6.92 Å². The Morgan fingerprint density at radius 3 is 2.64 bits per heavy atom. The van der Waals surface area contributed by atoms with Crippen LogP contribution < -0.4 is 5.32 Å². The van der Waals surface area contributed by atoms with Gasteiger partial charge in [-0.3, -0.25) is 4.79 Å². The number of nitrogens with zero attached hydrogens (tertiary/aromatic N) is 4. The third kappa shape index (κ3) is 4.58. The SMILES string of the molecule is Cc1csc(CCCCNC(=O)c2cc(C(C)C)nc3c2cnn3C(C)C)n1. The van der Waals surface area contributed by atoms with E-state index >= 15 is 0 Å². The maximum absolute atomic E-state index is 12.9. The second kappa shape index (κ2) is 8.82. The largest absolute Gasteiger partial charge is 0.352 e. The van der Waals surface area contributed by atoms with Gasteiger partial charge in [-0.05, 0) is 52.0 Å². The number of carbonyl (C=O) groups is 1. The monoisotopic (exact) mass is 399 g/mol. The molecule has 3 aromatic rings. The summed E-state index contributed by atoms with van der Waals surface area (Å²) in [6, 6.07) is 2.10. The van der Waals surface area contributed by atoms with Gasteiger partial charge in [-0.15, -0.1) is 11.3 Å². The smallest absolute Gasteiger partial charge is 0.252 e. The van der Waals surface area contributed by atoms with E-state index in [9.17, 15) is 4.79 Å². The van der Waals surface area contributed by atoms with E-state index in [1.807, 2.05) is 17.7 Å². The Labute approximate surface area is 170 Å². The Kier molecular flexibility index (Phi) is 6.44. The fourth-order valence-electron chi connectivity index (χ4n) is 3.11. The number of carbonyl (C=O) groups excluding carboxylic acids is 1. The molecule has 150 valence electrons. The fraction of sp³-hybridized carbons (Fsp3) is 0.524. The lowest BCUT2D eigenvalue weighted by Crippen LogP contribution is -2.25. The van der Waals surface area contributed by atoms with Crippen molar-refractivity contribution in [3.05, 3.63) is 39.6 Å². The Morgan fingerprint density at radius 2 is 2.00 bits per heavy atom. The van der Waals surface area contributed by atoms with Crippen molar-refractivity contribution in [2.75, 3.05) is 6.54 Å². The fourth-order valence-corrected chi connectivity index (χ4v) is 3.93. The lowest BCUT2D eigenvalue weighted by atomic mass is 10.0. The van der Waals surface area contributed by atoms with Crippen molar-refractivity contribution in [1.82, 2.24) is 25.1 Å². The molecule has 0 unspecified atom stereocenters. The first-order valence-electron chi connectivity index (χ1n) is 9.94. The molecule has 1 N–H and O–H groups in total. The molecule has 0 aliphatic rings. The zero-order valence-corrected chi connectivity index (χ0v) is 18.1. The van der Waals surface area contributed by atoms with E-state index in [0.717, 1.165) is 41.7 Å². The number of nitrogens with one attached hydrogen (secondary N) is 1. The summed E-state index contributed by atoms with van der Waals surface area (Å²) in [7, 11) is 0. The molecule has 7 heteroatoms. The summed E-state index contributed by atoms with van der Waals surface area (Å²) in [5.41, 5.74) is 3.44. The molecule has 0 atom stereocenters. The van der Waals surface area contributed by atoms with E-state index in [0.29, 0.717) is 12.1 Å². The molecule has 6 nitrogen and oxygen atoms in total. The molecule has 0 aromatic carbocycles. The van der Waals surface area contributed by atoms with Gasteiger partial charge in [0.15, 0.2) is 5.65 Å². The molecule has 1 amide bonds. The highest BCUT2D eigenvalue weighted by Crippen LogP contribution is 2.24. The molecule has 3 heterocycles. The molecule has 0 saturated carbocycles. The van der Waals surface area contributed by atoms with E-state index in [-0.39, 0.29) is 17.9 Å². The van der Waals surface area contributed by atoms with Gasteiger partial charge in [0.05, 0.1) is 22.2 Å². The van der Waals surface area contributed by atoms with Crippen LogP contribution >= 0.6 is 11.3 Å². The normalized spacial score (nSPS) is 11.7. The van der Waals surface area contributed by atoms with Crippen LogP contribution in [0.25, 0.3) is 11.0 Å². The predicted molar refractivity (Wildman–Crippen MR) is 114 cm³/mol. The summed E-state index contributed by atoms with van der Waals surface area (Å²) in [5, 5.41) is 11.6. The Morgan fingerprint density at radius 1 is 1.21 bits per heavy atom. The number of rotatable bonds is 8. The molecular weight excluding hydrogens is 370 g/mol. The molecule has 0 bridgehead atoms. The summed E-state index contributed by atoms with van der Waals surface area (Å²) < 4.78 is 1.88. The van der Waals surface area contributed by atoms with Crippen LogP contribution in [0.15, 0.2) is 17.6 Å². The lowest BCUT2D eigenvalue weighted by molar-refractivity contribution is 0.0954. The molecule has 0 radical (unpaired) electrons. The van der Waals surface area contributed by atoms with E-state index in [1.165, 1.54) is 5.01 Å². The molecule has 3 aromatic heterocycles. The van der Waals surface area contributed by atoms with Crippen molar-refractivity contribution in [2.24, 2.45) is 0 Å². The first kappa shape index (κ1) is 20.5. The molecule has 0 saturated heterocycles. The third-order valence-corrected chi connectivity index (χ3v) is 5.71. The number of aromatic nitrogens is 4. The van der Waals surface area contributed by atoms with Crippen LogP contribution in [0.4, 0.5) is 0 Å². The first-order chi connectivity index (χ1) is 13.4. The molecule has 3 rings (SSSR count). The van der Waals surface area contributed by atoms with E-state index in [2.05, 4.69) is 48.5 Å². The van der Waals surface area contributed by atoms with Gasteiger partial charge >= 0.3 is 0 Å². The summed E-state index contributed by atoms with van der Waals surface area (Å²) in [4.78, 5) is 22.1. The van der Waals surface area contributed by atoms with E-state index in [4.69, 9.17) is 4.98 Å². The van der Waals surface area contributed by atoms with Crippen LogP contribution in [0.3, 0.4) is 0 Å². The van der Waals surface area contributed by atoms with Crippen molar-refractivity contribution in [3.8, 4) is 0 Å². The number of hydrogen-bond acceptors (Lipinski definition) is 5. The minimum atomic E-state index is -0.0531. The highest BCUT2D eigenvalue weighted by molar-refractivity contribution is 7.09. The standard InChI is InChI=1S/C21H29N5OS/c1-13(2)18-10-16(17-11-23-26(14(3)4)20(17)25-18)21(27)22-9-7-6-8-19-24-15(5)12-28-19/h10-14H,6-9H2,1-5H3,(H,22,27). The second-order valence-electron chi connectivity index (χ2n) is 7.77. The van der Waals surface area contributed by atoms with Crippen molar-refractivity contribution in [1.29, 1.82) is 0 Å². The molecule has 0 fully saturated rings. The number of unbranched alkanes of at least 4 members (excludes halogenated alkanes) is 1. The van der Waals surface area contributed by atoms with Crippen LogP contribution in [0.1, 0.15) is 79.2 Å². The molecule has 0 spiro atoms. The third-order valence-electron chi connectivity index (χ3n) is 4.68. The number of amides is 1. The predicted octanol–water partition coefficient (Wildman–Crippen LogP) is 4.65. The van der Waals surface area contributed by atoms with Crippen molar-refractivity contribution >= 4 is 28.3 Å². The lowest BCUT2D eigenvalue weighted by Gasteiger charge is -2.12. The van der Waals surface area contributed by atoms with Crippen molar-refractivity contribution in [2.45, 2.75) is 65.8 Å². The van der Waals surface area contributed by atoms with Gasteiger partial charge in [0.25, 0.3) is 5.91 Å². The van der Waals surface area contributed by atoms with Gasteiger partial charge in [0.2, 0.25) is 0 Å². The van der Waals surface area contributed by atoms with Gasteiger partial charge in [0, 0.05) is 29.4 Å². The van der Waals surface area contributed by atoms with Crippen LogP contribution in [-0.2, 0) is 6.42 Å². The summed E-state index contributed by atoms with van der Waals surface area (Å²) in [6.07, 6.45) is 4.67. The van der Waals surface area contributed by atoms with Gasteiger partial charge in [-0.25, -0.2) is 14.6 Å². The highest BCUT2D eigenvalue weighted by atomic mass is 32.1. The number of aryl methyl sites for hydroxylation is 2. The van der Waals surface area contributed by atoms with Crippen molar-refractivity contribution in [3.63, 3.8) is 0 Å². The van der Waals surface area contributed by atoms with Gasteiger partial charge in [-0.1, -0.05) is 13.8 Å². The number of thiazole rings is 1. The average molecular weight is 400 g/mol. The quantitative estimate of drug-likeness (QED) is 0.560. The second-order valence-corrected chi connectivity index (χ2v) is 8.71. The zero-order valence-electron chi connectivity index (χ0n) is 17.3. The van der Waals surface area contributed by atoms with Gasteiger partial charge in [-0.2, -0.15) is 5.10 Å². The minimum absolute atomic E-state index is 0.0531. The van der Waals surface area contributed by atoms with Crippen LogP contribution in [-0.4, -0.2) is 32.2 Å². The number of fused-ring (bicyclic) bond motifs is 1. The molecular formula is C21H29N5OS. The Balaban J connectivity index is 1.68. The van der Waals surface area contributed by atoms with Crippen LogP contribution in [0.2, 0.25) is 0 Å². The first-order valence-corrected chi connectivity index (χ1v) is 10.8. The summed E-state index contributed by atoms with van der Waals surface area (Å²) >= 11 is 1.71. The summed E-state index contributed by atoms with van der Waals surface area (Å²) in [5.74, 6) is 0.191. The zero-order chi connectivity index (χ0) is 20.3. The topological polar surface area (TPSA) is 72.7 Å². The summed E-state index contributed by atoms with van der Waals surface area (Å²) in [6.45, 7) is 11.0. The maximum atomic E-state index is 12.9. The van der Waals surface area contributed by atoms with Gasteiger partial charge in [0.1, 0.15) is 0 Å². The van der Waals surface area contributed by atoms with Crippen LogP contribution in [0.5, 0.6) is 0 Å². The number of pyridine rings is 1. The number of hydrogen-bond donors (Lipinski definition) is 1.